The standard InChI is InChI=1S/C16H16O2S/c1-12-7-3-4-8-13(12)14(17)11-18-15-9-5-6-10-16(15)19-2/h3-10H,11H2,1-2H3. The van der Waals surface area contributed by atoms with Crippen LogP contribution in [0.1, 0.15) is 15.9 Å². The van der Waals surface area contributed by atoms with Crippen molar-refractivity contribution in [2.45, 2.75) is 11.8 Å². The van der Waals surface area contributed by atoms with E-state index >= 15 is 0 Å². The van der Waals surface area contributed by atoms with Crippen molar-refractivity contribution < 1.29 is 9.53 Å². The predicted octanol–water partition coefficient (Wildman–Crippen LogP) is 3.98. The minimum atomic E-state index is 0.00834. The fourth-order valence-electron chi connectivity index (χ4n) is 1.84. The molecule has 0 bridgehead atoms. The summed E-state index contributed by atoms with van der Waals surface area (Å²) in [6, 6.07) is 15.3. The van der Waals surface area contributed by atoms with Crippen LogP contribution in [0.15, 0.2) is 53.4 Å². The van der Waals surface area contributed by atoms with E-state index in [2.05, 4.69) is 0 Å². The molecule has 0 amide bonds. The summed E-state index contributed by atoms with van der Waals surface area (Å²) in [7, 11) is 0. The Kier molecular flexibility index (Phi) is 4.63. The average molecular weight is 272 g/mol. The molecular weight excluding hydrogens is 256 g/mol. The lowest BCUT2D eigenvalue weighted by Gasteiger charge is -2.10. The highest BCUT2D eigenvalue weighted by atomic mass is 32.2. The molecule has 0 saturated carbocycles. The number of hydrogen-bond donors (Lipinski definition) is 0. The van der Waals surface area contributed by atoms with Crippen molar-refractivity contribution in [2.24, 2.45) is 0 Å². The first kappa shape index (κ1) is 13.7. The van der Waals surface area contributed by atoms with Crippen LogP contribution in [-0.4, -0.2) is 18.6 Å². The molecule has 0 saturated heterocycles. The monoisotopic (exact) mass is 272 g/mol. The van der Waals surface area contributed by atoms with E-state index in [1.807, 2.05) is 61.7 Å². The molecule has 2 aromatic rings. The van der Waals surface area contributed by atoms with Crippen molar-refractivity contribution in [1.82, 2.24) is 0 Å². The molecule has 19 heavy (non-hydrogen) atoms. The van der Waals surface area contributed by atoms with Gasteiger partial charge in [-0.2, -0.15) is 0 Å². The summed E-state index contributed by atoms with van der Waals surface area (Å²) < 4.78 is 5.63. The number of para-hydroxylation sites is 1. The highest BCUT2D eigenvalue weighted by Gasteiger charge is 2.10. The van der Waals surface area contributed by atoms with Crippen LogP contribution in [0.3, 0.4) is 0 Å². The quantitative estimate of drug-likeness (QED) is 0.608. The molecule has 0 fully saturated rings. The number of hydrogen-bond acceptors (Lipinski definition) is 3. The maximum atomic E-state index is 12.1. The molecule has 0 aliphatic heterocycles. The van der Waals surface area contributed by atoms with Crippen molar-refractivity contribution in [1.29, 1.82) is 0 Å². The molecule has 2 aromatic carbocycles. The SMILES string of the molecule is CSc1ccccc1OCC(=O)c1ccccc1C. The summed E-state index contributed by atoms with van der Waals surface area (Å²) in [5.74, 6) is 0.769. The minimum Gasteiger partial charge on any atom is -0.484 e. The minimum absolute atomic E-state index is 0.00834. The zero-order valence-electron chi connectivity index (χ0n) is 11.1. The average Bonchev–Trinajstić information content (AvgIpc) is 2.45. The van der Waals surface area contributed by atoms with Crippen molar-refractivity contribution in [3.8, 4) is 5.75 Å². The van der Waals surface area contributed by atoms with Crippen molar-refractivity contribution in [2.75, 3.05) is 12.9 Å². The number of thioether (sulfide) groups is 1. The van der Waals surface area contributed by atoms with Gasteiger partial charge in [0.1, 0.15) is 5.75 Å². The highest BCUT2D eigenvalue weighted by Crippen LogP contribution is 2.26. The second-order valence-electron chi connectivity index (χ2n) is 4.18. The van der Waals surface area contributed by atoms with E-state index in [0.29, 0.717) is 0 Å². The maximum Gasteiger partial charge on any atom is 0.200 e. The Hall–Kier alpha value is -1.74. The van der Waals surface area contributed by atoms with Crippen molar-refractivity contribution in [3.05, 3.63) is 59.7 Å². The number of benzene rings is 2. The largest absolute Gasteiger partial charge is 0.484 e. The lowest BCUT2D eigenvalue weighted by molar-refractivity contribution is 0.0919. The van der Waals surface area contributed by atoms with Crippen molar-refractivity contribution in [3.63, 3.8) is 0 Å². The number of aryl methyl sites for hydroxylation is 1. The summed E-state index contributed by atoms with van der Waals surface area (Å²) in [4.78, 5) is 13.1. The van der Waals surface area contributed by atoms with Gasteiger partial charge in [-0.3, -0.25) is 4.79 Å². The Morgan fingerprint density at radius 2 is 1.79 bits per heavy atom. The van der Waals surface area contributed by atoms with Crippen LogP contribution in [-0.2, 0) is 0 Å². The van der Waals surface area contributed by atoms with Gasteiger partial charge < -0.3 is 4.74 Å². The number of carbonyl (C=O) groups is 1. The third-order valence-corrected chi connectivity index (χ3v) is 3.65. The topological polar surface area (TPSA) is 26.3 Å². The fraction of sp³-hybridized carbons (Fsp3) is 0.188. The second kappa shape index (κ2) is 6.43. The van der Waals surface area contributed by atoms with Gasteiger partial charge >= 0.3 is 0 Å². The molecule has 2 nitrogen and oxygen atoms in total. The van der Waals surface area contributed by atoms with E-state index in [9.17, 15) is 4.79 Å². The smallest absolute Gasteiger partial charge is 0.200 e. The number of Topliss-reactive ketones (excluding diaryl/α,β-unsaturated/α-hetero) is 1. The second-order valence-corrected chi connectivity index (χ2v) is 5.03. The molecule has 0 N–H and O–H groups in total. The molecule has 0 aromatic heterocycles. The molecule has 98 valence electrons. The first-order valence-corrected chi connectivity index (χ1v) is 7.29. The van der Waals surface area contributed by atoms with Crippen LogP contribution in [0.5, 0.6) is 5.75 Å². The molecule has 0 atom stereocenters. The van der Waals surface area contributed by atoms with Crippen LogP contribution in [0.25, 0.3) is 0 Å². The zero-order valence-corrected chi connectivity index (χ0v) is 11.9. The zero-order chi connectivity index (χ0) is 13.7. The van der Waals surface area contributed by atoms with Gasteiger partial charge in [0, 0.05) is 10.5 Å². The maximum absolute atomic E-state index is 12.1. The van der Waals surface area contributed by atoms with Crippen molar-refractivity contribution >= 4 is 17.5 Å². The number of ether oxygens (including phenoxy) is 1. The van der Waals surface area contributed by atoms with Crippen LogP contribution in [0, 0.1) is 6.92 Å². The van der Waals surface area contributed by atoms with E-state index in [1.165, 1.54) is 0 Å². The van der Waals surface area contributed by atoms with Crippen LogP contribution in [0.2, 0.25) is 0 Å². The Bertz CT molecular complexity index is 578. The van der Waals surface area contributed by atoms with Crippen LogP contribution < -0.4 is 4.74 Å². The first-order chi connectivity index (χ1) is 9.22. The highest BCUT2D eigenvalue weighted by molar-refractivity contribution is 7.98. The third-order valence-electron chi connectivity index (χ3n) is 2.87. The normalized spacial score (nSPS) is 10.2. The lowest BCUT2D eigenvalue weighted by atomic mass is 10.1. The summed E-state index contributed by atoms with van der Waals surface area (Å²) >= 11 is 1.61. The van der Waals surface area contributed by atoms with E-state index < -0.39 is 0 Å². The van der Waals surface area contributed by atoms with Crippen LogP contribution in [0.4, 0.5) is 0 Å². The summed E-state index contributed by atoms with van der Waals surface area (Å²) in [6.07, 6.45) is 1.99. The molecule has 0 aliphatic carbocycles. The Morgan fingerprint density at radius 3 is 2.53 bits per heavy atom. The van der Waals surface area contributed by atoms with Gasteiger partial charge in [-0.15, -0.1) is 11.8 Å². The molecule has 0 heterocycles. The van der Waals surface area contributed by atoms with Gasteiger partial charge in [0.2, 0.25) is 0 Å². The molecule has 0 radical (unpaired) electrons. The molecule has 0 unspecified atom stereocenters. The molecule has 2 rings (SSSR count). The molecule has 0 aliphatic rings. The van der Waals surface area contributed by atoms with E-state index in [-0.39, 0.29) is 12.4 Å². The van der Waals surface area contributed by atoms with Gasteiger partial charge in [0.05, 0.1) is 0 Å². The first-order valence-electron chi connectivity index (χ1n) is 6.07. The van der Waals surface area contributed by atoms with Gasteiger partial charge in [-0.05, 0) is 30.9 Å². The van der Waals surface area contributed by atoms with Gasteiger partial charge in [0.25, 0.3) is 0 Å². The number of ketones is 1. The molecular formula is C16H16O2S. The summed E-state index contributed by atoms with van der Waals surface area (Å²) in [5, 5.41) is 0. The van der Waals surface area contributed by atoms with Gasteiger partial charge in [-0.25, -0.2) is 0 Å². The Labute approximate surface area is 117 Å². The summed E-state index contributed by atoms with van der Waals surface area (Å²) in [6.45, 7) is 2.01. The molecule has 0 spiro atoms. The number of rotatable bonds is 5. The lowest BCUT2D eigenvalue weighted by Crippen LogP contribution is -2.13. The van der Waals surface area contributed by atoms with E-state index in [4.69, 9.17) is 4.74 Å². The fourth-order valence-corrected chi connectivity index (χ4v) is 2.39. The predicted molar refractivity (Wildman–Crippen MR) is 79.2 cm³/mol. The third kappa shape index (κ3) is 3.38. The van der Waals surface area contributed by atoms with E-state index in [0.717, 1.165) is 21.8 Å². The van der Waals surface area contributed by atoms with Gasteiger partial charge in [0.15, 0.2) is 12.4 Å². The Morgan fingerprint density at radius 1 is 1.11 bits per heavy atom. The summed E-state index contributed by atoms with van der Waals surface area (Å²) in [5.41, 5.74) is 1.71. The molecule has 3 heteroatoms. The number of carbonyl (C=O) groups excluding carboxylic acids is 1. The van der Waals surface area contributed by atoms with E-state index in [1.54, 1.807) is 11.8 Å². The van der Waals surface area contributed by atoms with Crippen LogP contribution >= 0.6 is 11.8 Å². The van der Waals surface area contributed by atoms with Gasteiger partial charge in [-0.1, -0.05) is 36.4 Å². The Balaban J connectivity index is 2.07.